The zero-order valence-corrected chi connectivity index (χ0v) is 22.1. The Morgan fingerprint density at radius 1 is 1.03 bits per heavy atom. The molecule has 10 heteroatoms. The molecule has 0 fully saturated rings. The summed E-state index contributed by atoms with van der Waals surface area (Å²) < 4.78 is 23.0. The maximum absolute atomic E-state index is 13.2. The van der Waals surface area contributed by atoms with E-state index in [4.69, 9.17) is 30.3 Å². The van der Waals surface area contributed by atoms with E-state index >= 15 is 0 Å². The van der Waals surface area contributed by atoms with Gasteiger partial charge in [-0.2, -0.15) is 0 Å². The van der Waals surface area contributed by atoms with Gasteiger partial charge in [-0.15, -0.1) is 0 Å². The number of hydrogen-bond acceptors (Lipinski definition) is 7. The van der Waals surface area contributed by atoms with Crippen molar-refractivity contribution in [2.75, 3.05) is 26.6 Å². The molecule has 9 nitrogen and oxygen atoms in total. The van der Waals surface area contributed by atoms with E-state index in [-0.39, 0.29) is 11.5 Å². The average Bonchev–Trinajstić information content (AvgIpc) is 3.28. The number of fused-ring (bicyclic) bond motifs is 3. The van der Waals surface area contributed by atoms with Gasteiger partial charge in [0.1, 0.15) is 16.7 Å². The summed E-state index contributed by atoms with van der Waals surface area (Å²) in [4.78, 5) is 25.7. The molecule has 4 rings (SSSR count). The monoisotopic (exact) mass is 527 g/mol. The normalized spacial score (nSPS) is 11.2. The number of methoxy groups -OCH3 is 3. The zero-order valence-electron chi connectivity index (χ0n) is 21.4. The SMILES string of the molecule is COc1cc(NC(=O)CCCCCCn2c(=O)c3c(C)onc3c3c(Cl)cccc32)cc(OC)c1OC. The highest BCUT2D eigenvalue weighted by atomic mass is 35.5. The number of anilines is 1. The van der Waals surface area contributed by atoms with Gasteiger partial charge in [0.2, 0.25) is 11.7 Å². The van der Waals surface area contributed by atoms with Crippen molar-refractivity contribution in [2.45, 2.75) is 45.6 Å². The topological polar surface area (TPSA) is 105 Å². The van der Waals surface area contributed by atoms with Crippen LogP contribution in [0.3, 0.4) is 0 Å². The number of amides is 1. The summed E-state index contributed by atoms with van der Waals surface area (Å²) in [7, 11) is 4.58. The average molecular weight is 528 g/mol. The molecular weight excluding hydrogens is 498 g/mol. The van der Waals surface area contributed by atoms with Gasteiger partial charge in [0, 0.05) is 36.2 Å². The molecule has 37 heavy (non-hydrogen) atoms. The van der Waals surface area contributed by atoms with Crippen LogP contribution in [-0.2, 0) is 11.3 Å². The van der Waals surface area contributed by atoms with Crippen LogP contribution in [0, 0.1) is 6.92 Å². The van der Waals surface area contributed by atoms with E-state index in [9.17, 15) is 9.59 Å². The van der Waals surface area contributed by atoms with Crippen molar-refractivity contribution in [3.63, 3.8) is 0 Å². The standard InChI is InChI=1S/C27H30ClN3O6/c1-16-23-25(30-37-16)24-18(28)10-9-11-19(24)31(27(23)33)13-8-6-5-7-12-22(32)29-17-14-20(34-2)26(36-4)21(15-17)35-3/h9-11,14-15H,5-8,12-13H2,1-4H3,(H,29,32). The van der Waals surface area contributed by atoms with E-state index in [1.165, 1.54) is 21.3 Å². The van der Waals surface area contributed by atoms with Crippen molar-refractivity contribution in [2.24, 2.45) is 0 Å². The molecule has 4 aromatic rings. The number of halogens is 1. The van der Waals surface area contributed by atoms with Crippen molar-refractivity contribution >= 4 is 45.0 Å². The minimum Gasteiger partial charge on any atom is -0.493 e. The van der Waals surface area contributed by atoms with Crippen molar-refractivity contribution in [3.05, 3.63) is 51.5 Å². The van der Waals surface area contributed by atoms with E-state index < -0.39 is 0 Å². The number of rotatable bonds is 11. The van der Waals surface area contributed by atoms with Crippen LogP contribution in [0.15, 0.2) is 39.6 Å². The summed E-state index contributed by atoms with van der Waals surface area (Å²) in [6.07, 6.45) is 3.60. The van der Waals surface area contributed by atoms with Crippen LogP contribution in [0.25, 0.3) is 21.8 Å². The van der Waals surface area contributed by atoms with E-state index in [2.05, 4.69) is 10.5 Å². The molecule has 0 bridgehead atoms. The van der Waals surface area contributed by atoms with Gasteiger partial charge in [0.05, 0.1) is 31.9 Å². The quantitative estimate of drug-likeness (QED) is 0.249. The third-order valence-corrected chi connectivity index (χ3v) is 6.64. The number of carbonyl (C=O) groups is 1. The second-order valence-electron chi connectivity index (χ2n) is 8.68. The third kappa shape index (κ3) is 5.36. The Balaban J connectivity index is 1.34. The first-order chi connectivity index (χ1) is 17.9. The summed E-state index contributed by atoms with van der Waals surface area (Å²) in [5, 5.41) is 8.67. The fraction of sp³-hybridized carbons (Fsp3) is 0.370. The number of nitrogens with one attached hydrogen (secondary N) is 1. The molecule has 1 N–H and O–H groups in total. The zero-order chi connectivity index (χ0) is 26.5. The second kappa shape index (κ2) is 11.6. The minimum atomic E-state index is -0.131. The van der Waals surface area contributed by atoms with Crippen molar-refractivity contribution < 1.29 is 23.5 Å². The molecule has 2 aromatic carbocycles. The molecule has 0 saturated carbocycles. The molecule has 0 unspecified atom stereocenters. The Kier molecular flexibility index (Phi) is 8.23. The summed E-state index contributed by atoms with van der Waals surface area (Å²) in [6, 6.07) is 8.88. The molecule has 2 aromatic heterocycles. The molecule has 2 heterocycles. The Morgan fingerprint density at radius 3 is 2.41 bits per heavy atom. The molecule has 0 spiro atoms. The van der Waals surface area contributed by atoms with E-state index in [0.717, 1.165) is 36.6 Å². The number of carbonyl (C=O) groups excluding carboxylic acids is 1. The predicted molar refractivity (Wildman–Crippen MR) is 143 cm³/mol. The highest BCUT2D eigenvalue weighted by Gasteiger charge is 2.19. The molecule has 0 saturated heterocycles. The van der Waals surface area contributed by atoms with Crippen LogP contribution in [-0.4, -0.2) is 37.0 Å². The van der Waals surface area contributed by atoms with Gasteiger partial charge in [0.25, 0.3) is 5.56 Å². The van der Waals surface area contributed by atoms with Gasteiger partial charge in [0.15, 0.2) is 11.5 Å². The lowest BCUT2D eigenvalue weighted by Gasteiger charge is -2.14. The molecule has 0 aliphatic rings. The molecule has 1 amide bonds. The molecule has 196 valence electrons. The Labute approximate surface area is 219 Å². The van der Waals surface area contributed by atoms with Crippen LogP contribution in [0.1, 0.15) is 37.9 Å². The van der Waals surface area contributed by atoms with Crippen LogP contribution < -0.4 is 25.1 Å². The lowest BCUT2D eigenvalue weighted by atomic mass is 10.1. The first-order valence-corrected chi connectivity index (χ1v) is 12.4. The van der Waals surface area contributed by atoms with Gasteiger partial charge in [-0.3, -0.25) is 9.59 Å². The van der Waals surface area contributed by atoms with Gasteiger partial charge in [-0.05, 0) is 31.9 Å². The van der Waals surface area contributed by atoms with Gasteiger partial charge >= 0.3 is 0 Å². The summed E-state index contributed by atoms with van der Waals surface area (Å²) in [5.74, 6) is 1.80. The smallest absolute Gasteiger partial charge is 0.264 e. The molecule has 0 atom stereocenters. The Hall–Kier alpha value is -3.72. The molecule has 0 aliphatic heterocycles. The largest absolute Gasteiger partial charge is 0.493 e. The fourth-order valence-electron chi connectivity index (χ4n) is 4.52. The van der Waals surface area contributed by atoms with Crippen LogP contribution in [0.5, 0.6) is 17.2 Å². The summed E-state index contributed by atoms with van der Waals surface area (Å²) in [5.41, 5.74) is 1.68. The predicted octanol–water partition coefficient (Wildman–Crippen LogP) is 5.72. The van der Waals surface area contributed by atoms with Crippen LogP contribution >= 0.6 is 11.6 Å². The highest BCUT2D eigenvalue weighted by molar-refractivity contribution is 6.37. The minimum absolute atomic E-state index is 0.0977. The Bertz CT molecular complexity index is 1470. The van der Waals surface area contributed by atoms with Gasteiger partial charge in [-0.1, -0.05) is 35.7 Å². The fourth-order valence-corrected chi connectivity index (χ4v) is 4.78. The number of aromatic nitrogens is 2. The lowest BCUT2D eigenvalue weighted by Crippen LogP contribution is -2.21. The van der Waals surface area contributed by atoms with Crippen molar-refractivity contribution in [1.29, 1.82) is 0 Å². The molecule has 0 radical (unpaired) electrons. The summed E-state index contributed by atoms with van der Waals surface area (Å²) >= 11 is 6.45. The van der Waals surface area contributed by atoms with E-state index in [0.29, 0.717) is 57.6 Å². The van der Waals surface area contributed by atoms with Crippen molar-refractivity contribution in [1.82, 2.24) is 9.72 Å². The molecule has 0 aliphatic carbocycles. The van der Waals surface area contributed by atoms with Crippen LogP contribution in [0.2, 0.25) is 5.02 Å². The number of hydrogen-bond donors (Lipinski definition) is 1. The first-order valence-electron chi connectivity index (χ1n) is 12.1. The van der Waals surface area contributed by atoms with Gasteiger partial charge < -0.3 is 28.6 Å². The number of pyridine rings is 1. The highest BCUT2D eigenvalue weighted by Crippen LogP contribution is 2.40. The second-order valence-corrected chi connectivity index (χ2v) is 9.09. The number of benzene rings is 2. The summed E-state index contributed by atoms with van der Waals surface area (Å²) in [6.45, 7) is 2.26. The van der Waals surface area contributed by atoms with E-state index in [1.807, 2.05) is 12.1 Å². The number of ether oxygens (including phenoxy) is 3. The first kappa shape index (κ1) is 26.3. The van der Waals surface area contributed by atoms with Crippen molar-refractivity contribution in [3.8, 4) is 17.2 Å². The Morgan fingerprint density at radius 2 is 1.73 bits per heavy atom. The number of unbranched alkanes of at least 4 members (excludes halogenated alkanes) is 3. The van der Waals surface area contributed by atoms with E-state index in [1.54, 1.807) is 29.7 Å². The lowest BCUT2D eigenvalue weighted by molar-refractivity contribution is -0.116. The third-order valence-electron chi connectivity index (χ3n) is 6.33. The maximum atomic E-state index is 13.2. The van der Waals surface area contributed by atoms with Gasteiger partial charge in [-0.25, -0.2) is 0 Å². The maximum Gasteiger partial charge on any atom is 0.264 e. The molecular formula is C27H30ClN3O6. The number of aryl methyl sites for hydroxylation is 2. The van der Waals surface area contributed by atoms with Crippen LogP contribution in [0.4, 0.5) is 5.69 Å². The number of nitrogens with zero attached hydrogens (tertiary/aromatic N) is 2.